The summed E-state index contributed by atoms with van der Waals surface area (Å²) in [5.74, 6) is -0.454. The molecule has 1 aromatic rings. The lowest BCUT2D eigenvalue weighted by Crippen LogP contribution is -2.37. The van der Waals surface area contributed by atoms with Crippen molar-refractivity contribution in [3.8, 4) is 0 Å². The van der Waals surface area contributed by atoms with Gasteiger partial charge in [0.25, 0.3) is 0 Å². The summed E-state index contributed by atoms with van der Waals surface area (Å²) in [5.41, 5.74) is 0.746. The Hall–Kier alpha value is -2.14. The second kappa shape index (κ2) is 6.86. The topological polar surface area (TPSA) is 55.7 Å². The zero-order valence-corrected chi connectivity index (χ0v) is 12.2. The lowest BCUT2D eigenvalue weighted by atomic mass is 10.2. The summed E-state index contributed by atoms with van der Waals surface area (Å²) in [7, 11) is 5.42. The number of carbonyl (C=O) groups is 1. The molecule has 1 amide bonds. The highest BCUT2D eigenvalue weighted by Gasteiger charge is 2.12. The minimum absolute atomic E-state index is 0.185. The predicted molar refractivity (Wildman–Crippen MR) is 79.1 cm³/mol. The molecule has 1 rings (SSSR count). The fourth-order valence-electron chi connectivity index (χ4n) is 1.68. The first-order valence-electron chi connectivity index (χ1n) is 6.40. The summed E-state index contributed by atoms with van der Waals surface area (Å²) in [4.78, 5) is 13.4. The van der Waals surface area contributed by atoms with Gasteiger partial charge in [0.2, 0.25) is 5.91 Å². The summed E-state index contributed by atoms with van der Waals surface area (Å²) < 4.78 is 0.222. The van der Waals surface area contributed by atoms with E-state index in [4.69, 9.17) is 0 Å². The third-order valence-electron chi connectivity index (χ3n) is 2.47. The number of benzene rings is 1. The maximum atomic E-state index is 11.9. The molecule has 0 saturated heterocycles. The van der Waals surface area contributed by atoms with E-state index < -0.39 is 0 Å². The van der Waals surface area contributed by atoms with E-state index in [1.807, 2.05) is 51.5 Å². The van der Waals surface area contributed by atoms with Gasteiger partial charge in [-0.3, -0.25) is 4.79 Å². The number of rotatable bonds is 6. The molecular formula is C15H21N3O2. The number of hydrogen-bond acceptors (Lipinski definition) is 3. The second-order valence-electron chi connectivity index (χ2n) is 5.21. The largest absolute Gasteiger partial charge is 0.858 e. The van der Waals surface area contributed by atoms with Crippen molar-refractivity contribution in [2.45, 2.75) is 6.42 Å². The number of hydrogen-bond donors (Lipinski definition) is 0. The monoisotopic (exact) mass is 275 g/mol. The summed E-state index contributed by atoms with van der Waals surface area (Å²) in [5, 5.41) is 15.8. The molecule has 0 radical (unpaired) electrons. The zero-order valence-electron chi connectivity index (χ0n) is 12.2. The Morgan fingerprint density at radius 2 is 1.95 bits per heavy atom. The van der Waals surface area contributed by atoms with Gasteiger partial charge in [-0.2, -0.15) is 0 Å². The lowest BCUT2D eigenvalue weighted by Gasteiger charge is -2.24. The number of para-hydroxylation sites is 1. The van der Waals surface area contributed by atoms with E-state index in [9.17, 15) is 9.90 Å². The highest BCUT2D eigenvalue weighted by molar-refractivity contribution is 6.01. The molecule has 0 aliphatic carbocycles. The second-order valence-corrected chi connectivity index (χ2v) is 5.21. The van der Waals surface area contributed by atoms with Crippen molar-refractivity contribution in [2.75, 3.05) is 32.6 Å². The zero-order chi connectivity index (χ0) is 15.2. The van der Waals surface area contributed by atoms with Gasteiger partial charge in [0.1, 0.15) is 0 Å². The number of carbonyl (C=O) groups excluding carboxylic acids is 1. The van der Waals surface area contributed by atoms with Crippen molar-refractivity contribution >= 4 is 17.5 Å². The van der Waals surface area contributed by atoms with Gasteiger partial charge in [-0.15, -0.1) is 5.10 Å². The summed E-state index contributed by atoms with van der Waals surface area (Å²) in [6.45, 7) is 3.78. The first-order valence-corrected chi connectivity index (χ1v) is 6.40. The van der Waals surface area contributed by atoms with Gasteiger partial charge >= 0.3 is 0 Å². The van der Waals surface area contributed by atoms with Crippen molar-refractivity contribution in [3.05, 3.63) is 43.0 Å². The van der Waals surface area contributed by atoms with Crippen LogP contribution in [-0.2, 0) is 4.79 Å². The van der Waals surface area contributed by atoms with Gasteiger partial charge in [-0.05, 0) is 24.6 Å². The van der Waals surface area contributed by atoms with Crippen LogP contribution in [0.3, 0.4) is 0 Å². The van der Waals surface area contributed by atoms with Crippen molar-refractivity contribution in [1.82, 2.24) is 0 Å². The third-order valence-corrected chi connectivity index (χ3v) is 2.47. The molecule has 0 aliphatic rings. The molecule has 5 nitrogen and oxygen atoms in total. The van der Waals surface area contributed by atoms with Gasteiger partial charge in [-0.25, -0.2) is 4.59 Å². The maximum Gasteiger partial charge on any atom is 0.250 e. The Morgan fingerprint density at radius 1 is 1.35 bits per heavy atom. The van der Waals surface area contributed by atoms with E-state index in [1.165, 1.54) is 11.0 Å². The highest BCUT2D eigenvalue weighted by atomic mass is 16.3. The highest BCUT2D eigenvalue weighted by Crippen LogP contribution is 2.14. The Morgan fingerprint density at radius 3 is 2.45 bits per heavy atom. The fraction of sp³-hybridized carbons (Fsp3) is 0.333. The molecule has 108 valence electrons. The number of nitrogens with zero attached hydrogens (tertiary/aromatic N) is 3. The van der Waals surface area contributed by atoms with Crippen LogP contribution in [0.25, 0.3) is 0 Å². The van der Waals surface area contributed by atoms with Gasteiger partial charge in [0, 0.05) is 18.1 Å². The summed E-state index contributed by atoms with van der Waals surface area (Å²) >= 11 is 0. The Labute approximate surface area is 120 Å². The maximum absolute atomic E-state index is 11.9. The predicted octanol–water partition coefficient (Wildman–Crippen LogP) is 0.976. The first kappa shape index (κ1) is 15.9. The molecule has 0 aliphatic heterocycles. The normalized spacial score (nSPS) is 12.1. The Balaban J connectivity index is 2.80. The van der Waals surface area contributed by atoms with Crippen LogP contribution in [0.15, 0.2) is 48.1 Å². The number of quaternary nitrogens is 1. The molecule has 0 heterocycles. The van der Waals surface area contributed by atoms with E-state index in [0.717, 1.165) is 5.69 Å². The SMILES string of the molecule is C=CC(=O)N(CC/C([O-])=N/[N+](C)(C)C)c1ccccc1. The van der Waals surface area contributed by atoms with Crippen LogP contribution in [0, 0.1) is 0 Å². The van der Waals surface area contributed by atoms with Crippen LogP contribution < -0.4 is 10.0 Å². The third kappa shape index (κ3) is 5.24. The van der Waals surface area contributed by atoms with Crippen molar-refractivity contribution < 1.29 is 14.5 Å². The standard InChI is InChI=1S/C15H21N3O2/c1-5-15(20)17(13-9-7-6-8-10-13)12-11-14(19)16-18(2,3)4/h5-10H,1,11-12H2,2-4H3. The van der Waals surface area contributed by atoms with Gasteiger partial charge < -0.3 is 10.0 Å². The number of amides is 1. The summed E-state index contributed by atoms with van der Waals surface area (Å²) in [6.07, 6.45) is 1.43. The van der Waals surface area contributed by atoms with Crippen LogP contribution in [0.1, 0.15) is 6.42 Å². The Kier molecular flexibility index (Phi) is 5.46. The Bertz CT molecular complexity index is 490. The molecule has 0 bridgehead atoms. The molecule has 0 saturated carbocycles. The van der Waals surface area contributed by atoms with E-state index in [1.54, 1.807) is 0 Å². The smallest absolute Gasteiger partial charge is 0.250 e. The molecule has 0 unspecified atom stereocenters. The first-order chi connectivity index (χ1) is 9.33. The van der Waals surface area contributed by atoms with E-state index in [2.05, 4.69) is 11.7 Å². The number of anilines is 1. The average Bonchev–Trinajstić information content (AvgIpc) is 2.37. The van der Waals surface area contributed by atoms with Crippen LogP contribution in [0.5, 0.6) is 0 Å². The minimum atomic E-state index is -0.228. The van der Waals surface area contributed by atoms with Gasteiger partial charge in [-0.1, -0.05) is 24.8 Å². The van der Waals surface area contributed by atoms with Gasteiger partial charge in [0.15, 0.2) is 0 Å². The van der Waals surface area contributed by atoms with Crippen LogP contribution in [0.2, 0.25) is 0 Å². The van der Waals surface area contributed by atoms with Crippen LogP contribution >= 0.6 is 0 Å². The van der Waals surface area contributed by atoms with Crippen LogP contribution in [-0.4, -0.2) is 44.1 Å². The summed E-state index contributed by atoms with van der Waals surface area (Å²) in [6, 6.07) is 9.21. The molecule has 5 heteroatoms. The molecule has 0 spiro atoms. The molecule has 1 aromatic carbocycles. The lowest BCUT2D eigenvalue weighted by molar-refractivity contribution is -0.878. The fourth-order valence-corrected chi connectivity index (χ4v) is 1.68. The molecular weight excluding hydrogens is 254 g/mol. The van der Waals surface area contributed by atoms with Crippen LogP contribution in [0.4, 0.5) is 5.69 Å². The van der Waals surface area contributed by atoms with Crippen molar-refractivity contribution in [3.63, 3.8) is 0 Å². The molecule has 0 N–H and O–H groups in total. The quantitative estimate of drug-likeness (QED) is 0.255. The van der Waals surface area contributed by atoms with E-state index in [0.29, 0.717) is 0 Å². The average molecular weight is 275 g/mol. The molecule has 0 atom stereocenters. The van der Waals surface area contributed by atoms with E-state index >= 15 is 0 Å². The van der Waals surface area contributed by atoms with E-state index in [-0.39, 0.29) is 29.4 Å². The van der Waals surface area contributed by atoms with Crippen molar-refractivity contribution in [2.24, 2.45) is 5.10 Å². The van der Waals surface area contributed by atoms with Gasteiger partial charge in [0.05, 0.1) is 21.1 Å². The van der Waals surface area contributed by atoms with Crippen molar-refractivity contribution in [1.29, 1.82) is 0 Å². The minimum Gasteiger partial charge on any atom is -0.858 e. The molecule has 0 fully saturated rings. The molecule has 0 aromatic heterocycles. The molecule has 20 heavy (non-hydrogen) atoms.